The van der Waals surface area contributed by atoms with E-state index in [4.69, 9.17) is 2.74 Å². The SMILES string of the molecule is [2H]C([2H])(F)C#C. The molecule has 4 heavy (non-hydrogen) atoms. The number of terminal acetylenes is 1. The Labute approximate surface area is 27.4 Å². The average Bonchev–Trinajstić information content (AvgIpc) is 1.35. The third-order valence-electron chi connectivity index (χ3n) is 0.0546. The molecule has 0 bridgehead atoms. The Morgan fingerprint density at radius 1 is 2.50 bits per heavy atom. The number of halogens is 1. The summed E-state index contributed by atoms with van der Waals surface area (Å²) < 4.78 is 23.1. The molecule has 0 spiro atoms. The minimum absolute atomic E-state index is 1.27. The summed E-state index contributed by atoms with van der Waals surface area (Å²) in [5, 5.41) is 0. The molecule has 0 N–H and O–H groups in total. The van der Waals surface area contributed by atoms with Crippen LogP contribution in [0.15, 0.2) is 0 Å². The lowest BCUT2D eigenvalue weighted by atomic mass is 10.8. The van der Waals surface area contributed by atoms with E-state index >= 15 is 0 Å². The second-order valence-electron chi connectivity index (χ2n) is 0.239. The van der Waals surface area contributed by atoms with Crippen LogP contribution in [0.4, 0.5) is 4.39 Å². The van der Waals surface area contributed by atoms with Gasteiger partial charge in [-0.3, -0.25) is 0 Å². The summed E-state index contributed by atoms with van der Waals surface area (Å²) in [4.78, 5) is 0. The lowest BCUT2D eigenvalue weighted by Gasteiger charge is -1.49. The van der Waals surface area contributed by atoms with Crippen molar-refractivity contribution in [3.63, 3.8) is 0 Å². The maximum atomic E-state index is 11.2. The Balaban J connectivity index is 3.55. The van der Waals surface area contributed by atoms with Gasteiger partial charge in [-0.15, -0.1) is 6.42 Å². The first-order chi connectivity index (χ1) is 2.56. The van der Waals surface area contributed by atoms with Gasteiger partial charge in [0.1, 0.15) is 6.63 Å². The van der Waals surface area contributed by atoms with Crippen LogP contribution >= 0.6 is 0 Å². The van der Waals surface area contributed by atoms with Crippen molar-refractivity contribution in [1.82, 2.24) is 0 Å². The molecule has 0 heterocycles. The van der Waals surface area contributed by atoms with Gasteiger partial charge >= 0.3 is 0 Å². The highest BCUT2D eigenvalue weighted by Crippen LogP contribution is 1.50. The molecule has 0 radical (unpaired) electrons. The molecule has 1 heteroatoms. The summed E-state index contributed by atoms with van der Waals surface area (Å²) in [6.07, 6.45) is 4.31. The van der Waals surface area contributed by atoms with Gasteiger partial charge in [0.15, 0.2) is 0 Å². The van der Waals surface area contributed by atoms with Gasteiger partial charge in [-0.1, -0.05) is 5.92 Å². The Bertz CT molecular complexity index is 75.8. The molecule has 0 fully saturated rings. The molecular formula is C3H3F. The zero-order valence-electron chi connectivity index (χ0n) is 3.96. The zero-order chi connectivity index (χ0) is 5.21. The highest BCUT2D eigenvalue weighted by Gasteiger charge is 1.48. The monoisotopic (exact) mass is 60.0 g/mol. The first-order valence-corrected chi connectivity index (χ1v) is 0.728. The summed E-state index contributed by atoms with van der Waals surface area (Å²) in [7, 11) is 0. The zero-order valence-corrected chi connectivity index (χ0v) is 1.96. The van der Waals surface area contributed by atoms with E-state index < -0.39 is 6.63 Å². The molecule has 0 aromatic heterocycles. The second kappa shape index (κ2) is 2.49. The Hall–Kier alpha value is -0.510. The number of alkyl halides is 1. The third kappa shape index (κ3) is 1.49. The molecule has 0 atom stereocenters. The third-order valence-corrected chi connectivity index (χ3v) is 0.0546. The van der Waals surface area contributed by atoms with Crippen LogP contribution in [0.1, 0.15) is 2.74 Å². The van der Waals surface area contributed by atoms with Gasteiger partial charge in [0.2, 0.25) is 0 Å². The summed E-state index contributed by atoms with van der Waals surface area (Å²) in [5.41, 5.74) is 0. The summed E-state index contributed by atoms with van der Waals surface area (Å²) in [5.74, 6) is 1.27. The van der Waals surface area contributed by atoms with E-state index in [1.165, 1.54) is 5.92 Å². The number of rotatable bonds is 0. The van der Waals surface area contributed by atoms with Crippen molar-refractivity contribution < 1.29 is 7.13 Å². The highest BCUT2D eigenvalue weighted by atomic mass is 19.1. The van der Waals surface area contributed by atoms with Gasteiger partial charge in [-0.2, -0.15) is 0 Å². The van der Waals surface area contributed by atoms with Gasteiger partial charge in [0.05, 0.1) is 2.74 Å². The molecule has 0 unspecified atom stereocenters. The van der Waals surface area contributed by atoms with Crippen molar-refractivity contribution in [2.24, 2.45) is 0 Å². The Morgan fingerprint density at radius 3 is 2.75 bits per heavy atom. The van der Waals surface area contributed by atoms with Gasteiger partial charge in [0, 0.05) is 0 Å². The predicted octanol–water partition coefficient (Wildman–Crippen LogP) is 0.589. The van der Waals surface area contributed by atoms with Crippen molar-refractivity contribution in [2.75, 3.05) is 6.63 Å². The number of hydrogen-bond acceptors (Lipinski definition) is 0. The van der Waals surface area contributed by atoms with E-state index in [9.17, 15) is 4.39 Å². The molecule has 0 amide bonds. The fourth-order valence-corrected chi connectivity index (χ4v) is 0. The molecule has 0 aromatic carbocycles. The summed E-state index contributed by atoms with van der Waals surface area (Å²) >= 11 is 0. The summed E-state index contributed by atoms with van der Waals surface area (Å²) in [6, 6.07) is 0. The van der Waals surface area contributed by atoms with Crippen LogP contribution in [0.5, 0.6) is 0 Å². The van der Waals surface area contributed by atoms with Crippen molar-refractivity contribution in [1.29, 1.82) is 0 Å². The molecule has 0 aliphatic heterocycles. The van der Waals surface area contributed by atoms with Crippen molar-refractivity contribution >= 4 is 0 Å². The van der Waals surface area contributed by atoms with E-state index in [-0.39, 0.29) is 0 Å². The maximum Gasteiger partial charge on any atom is 0.150 e. The second-order valence-corrected chi connectivity index (χ2v) is 0.239. The summed E-state index contributed by atoms with van der Waals surface area (Å²) in [6.45, 7) is -2.93. The van der Waals surface area contributed by atoms with Crippen LogP contribution in [0.2, 0.25) is 0 Å². The van der Waals surface area contributed by atoms with Gasteiger partial charge in [-0.05, 0) is 0 Å². The first-order valence-electron chi connectivity index (χ1n) is 1.73. The molecule has 0 nitrogen and oxygen atoms in total. The first kappa shape index (κ1) is 1.07. The predicted molar refractivity (Wildman–Crippen MR) is 14.8 cm³/mol. The van der Waals surface area contributed by atoms with E-state index in [0.29, 0.717) is 0 Å². The average molecular weight is 60.1 g/mol. The molecule has 22 valence electrons. The van der Waals surface area contributed by atoms with Crippen molar-refractivity contribution in [3.8, 4) is 12.3 Å². The van der Waals surface area contributed by atoms with Crippen LogP contribution in [0, 0.1) is 12.3 Å². The van der Waals surface area contributed by atoms with Gasteiger partial charge in [0.25, 0.3) is 0 Å². The van der Waals surface area contributed by atoms with E-state index in [0.717, 1.165) is 0 Å². The molecule has 0 aromatic rings. The van der Waals surface area contributed by atoms with Crippen LogP contribution < -0.4 is 0 Å². The standard InChI is InChI=1S/C3H3F/c1-2-3-4/h1H,3H2/i3D2. The topological polar surface area (TPSA) is 0 Å². The van der Waals surface area contributed by atoms with Gasteiger partial charge in [-0.25, -0.2) is 4.39 Å². The van der Waals surface area contributed by atoms with E-state index in [1.54, 1.807) is 0 Å². The van der Waals surface area contributed by atoms with Crippen LogP contribution in [0.25, 0.3) is 0 Å². The van der Waals surface area contributed by atoms with Crippen LogP contribution in [-0.2, 0) is 0 Å². The van der Waals surface area contributed by atoms with Crippen LogP contribution in [-0.4, -0.2) is 6.63 Å². The molecule has 0 aliphatic rings. The normalized spacial score (nSPS) is 16.0. The maximum absolute atomic E-state index is 11.2. The molecule has 0 rings (SSSR count). The lowest BCUT2D eigenvalue weighted by molar-refractivity contribution is 0.573. The van der Waals surface area contributed by atoms with E-state index in [2.05, 4.69) is 6.42 Å². The highest BCUT2D eigenvalue weighted by molar-refractivity contribution is 4.81. The van der Waals surface area contributed by atoms with Crippen LogP contribution in [0.3, 0.4) is 0 Å². The quantitative estimate of drug-likeness (QED) is 0.359. The van der Waals surface area contributed by atoms with Crippen molar-refractivity contribution in [2.45, 2.75) is 0 Å². The minimum atomic E-state index is -2.93. The molecule has 0 saturated heterocycles. The largest absolute Gasteiger partial charge is 0.237 e. The molecule has 0 saturated carbocycles. The Kier molecular flexibility index (Phi) is 0.668. The van der Waals surface area contributed by atoms with Gasteiger partial charge < -0.3 is 0 Å². The Morgan fingerprint density at radius 2 is 2.75 bits per heavy atom. The minimum Gasteiger partial charge on any atom is -0.237 e. The fourth-order valence-electron chi connectivity index (χ4n) is 0. The fraction of sp³-hybridized carbons (Fsp3) is 0.333. The number of hydrogen-bond donors (Lipinski definition) is 0. The van der Waals surface area contributed by atoms with E-state index in [1.807, 2.05) is 0 Å². The molecule has 0 aliphatic carbocycles. The lowest BCUT2D eigenvalue weighted by Crippen LogP contribution is -1.50. The smallest absolute Gasteiger partial charge is 0.150 e. The molecular weight excluding hydrogens is 55.0 g/mol. The van der Waals surface area contributed by atoms with Crippen molar-refractivity contribution in [3.05, 3.63) is 0 Å².